The topological polar surface area (TPSA) is 122 Å². The Balaban J connectivity index is 2.24. The number of nitrogen functional groups attached to an aromatic ring is 1. The molecule has 0 unspecified atom stereocenters. The fourth-order valence-corrected chi connectivity index (χ4v) is 3.34. The smallest absolute Gasteiger partial charge is 0.330 e. The number of carbonyl (C=O) groups is 1. The second-order valence-electron chi connectivity index (χ2n) is 6.90. The van der Waals surface area contributed by atoms with Crippen molar-refractivity contribution in [3.8, 4) is 0 Å². The third kappa shape index (κ3) is 6.75. The van der Waals surface area contributed by atoms with Crippen molar-refractivity contribution in [2.45, 2.75) is 32.7 Å². The van der Waals surface area contributed by atoms with Crippen LogP contribution in [0.1, 0.15) is 26.2 Å². The molecule has 0 bridgehead atoms. The number of carbonyl (C=O) groups excluding carboxylic acids is 1. The Morgan fingerprint density at radius 2 is 2.03 bits per heavy atom. The second-order valence-corrected chi connectivity index (χ2v) is 7.74. The number of aromatic amines is 1. The Morgan fingerprint density at radius 3 is 2.71 bits per heavy atom. The lowest BCUT2D eigenvalue weighted by Crippen LogP contribution is -2.40. The number of amides is 1. The van der Waals surface area contributed by atoms with Crippen molar-refractivity contribution in [1.82, 2.24) is 9.55 Å². The zero-order chi connectivity index (χ0) is 23.0. The van der Waals surface area contributed by atoms with Crippen molar-refractivity contribution in [1.29, 1.82) is 0 Å². The van der Waals surface area contributed by atoms with Gasteiger partial charge in [-0.25, -0.2) is 4.79 Å². The van der Waals surface area contributed by atoms with Crippen molar-refractivity contribution in [3.63, 3.8) is 0 Å². The molecule has 31 heavy (non-hydrogen) atoms. The van der Waals surface area contributed by atoms with Crippen LogP contribution >= 0.6 is 23.2 Å². The number of aromatic nitrogens is 2. The van der Waals surface area contributed by atoms with Crippen LogP contribution in [0.4, 0.5) is 17.2 Å². The number of methoxy groups -OCH3 is 1. The largest absolute Gasteiger partial charge is 0.383 e. The van der Waals surface area contributed by atoms with Crippen LogP contribution in [0.3, 0.4) is 0 Å². The molecule has 0 atom stereocenters. The van der Waals surface area contributed by atoms with Crippen molar-refractivity contribution in [2.75, 3.05) is 42.8 Å². The van der Waals surface area contributed by atoms with Gasteiger partial charge in [-0.05, 0) is 24.6 Å². The van der Waals surface area contributed by atoms with Gasteiger partial charge < -0.3 is 20.7 Å². The molecular weight excluding hydrogens is 445 g/mol. The third-order valence-electron chi connectivity index (χ3n) is 4.64. The first kappa shape index (κ1) is 24.8. The summed E-state index contributed by atoms with van der Waals surface area (Å²) < 4.78 is 6.47. The van der Waals surface area contributed by atoms with Gasteiger partial charge in [0.15, 0.2) is 0 Å². The van der Waals surface area contributed by atoms with Gasteiger partial charge in [0, 0.05) is 38.2 Å². The number of halogens is 2. The maximum absolute atomic E-state index is 12.5. The number of benzene rings is 1. The number of nitrogens with one attached hydrogen (secondary N) is 2. The van der Waals surface area contributed by atoms with E-state index in [1.54, 1.807) is 23.1 Å². The maximum atomic E-state index is 12.5. The summed E-state index contributed by atoms with van der Waals surface area (Å²) in [5, 5.41) is 3.50. The summed E-state index contributed by atoms with van der Waals surface area (Å²) >= 11 is 12.0. The molecule has 0 saturated carbocycles. The molecule has 4 N–H and O–H groups in total. The van der Waals surface area contributed by atoms with Crippen LogP contribution in [0.15, 0.2) is 27.8 Å². The van der Waals surface area contributed by atoms with Crippen molar-refractivity contribution < 1.29 is 9.53 Å². The van der Waals surface area contributed by atoms with Crippen LogP contribution in [-0.4, -0.2) is 42.3 Å². The van der Waals surface area contributed by atoms with Crippen LogP contribution in [0.25, 0.3) is 0 Å². The summed E-state index contributed by atoms with van der Waals surface area (Å²) in [5.41, 5.74) is 5.57. The molecule has 0 aliphatic carbocycles. The molecule has 2 rings (SSSR count). The molecule has 1 heterocycles. The van der Waals surface area contributed by atoms with Gasteiger partial charge in [0.05, 0.1) is 17.3 Å². The van der Waals surface area contributed by atoms with E-state index in [-0.39, 0.29) is 30.4 Å². The fraction of sp³-hybridized carbons (Fsp3) is 0.450. The van der Waals surface area contributed by atoms with Crippen LogP contribution in [-0.2, 0) is 16.1 Å². The minimum absolute atomic E-state index is 0.0412. The highest BCUT2D eigenvalue weighted by Crippen LogP contribution is 2.25. The van der Waals surface area contributed by atoms with Gasteiger partial charge in [0.25, 0.3) is 5.56 Å². The summed E-state index contributed by atoms with van der Waals surface area (Å²) in [6, 6.07) is 4.76. The molecule has 1 amide bonds. The third-order valence-corrected chi connectivity index (χ3v) is 5.21. The Hall–Kier alpha value is -2.49. The summed E-state index contributed by atoms with van der Waals surface area (Å²) in [5.74, 6) is -0.252. The Morgan fingerprint density at radius 1 is 1.29 bits per heavy atom. The molecular formula is C20H27Cl2N5O4. The van der Waals surface area contributed by atoms with Crippen molar-refractivity contribution >= 4 is 46.3 Å². The minimum atomic E-state index is -0.607. The molecule has 0 aliphatic rings. The van der Waals surface area contributed by atoms with E-state index in [4.69, 9.17) is 33.7 Å². The first-order chi connectivity index (χ1) is 14.8. The molecule has 11 heteroatoms. The molecule has 0 radical (unpaired) electrons. The number of ether oxygens (including phenoxy) is 1. The monoisotopic (exact) mass is 471 g/mol. The fourth-order valence-electron chi connectivity index (χ4n) is 3.00. The zero-order valence-electron chi connectivity index (χ0n) is 17.5. The first-order valence-corrected chi connectivity index (χ1v) is 10.7. The molecule has 170 valence electrons. The van der Waals surface area contributed by atoms with E-state index in [0.29, 0.717) is 35.4 Å². The maximum Gasteiger partial charge on any atom is 0.330 e. The number of hydrogen-bond donors (Lipinski definition) is 3. The van der Waals surface area contributed by atoms with E-state index in [1.807, 2.05) is 6.92 Å². The molecule has 0 spiro atoms. The average molecular weight is 472 g/mol. The predicted octanol–water partition coefficient (Wildman–Crippen LogP) is 2.71. The molecule has 9 nitrogen and oxygen atoms in total. The number of rotatable bonds is 11. The highest BCUT2D eigenvalue weighted by Gasteiger charge is 2.20. The standard InChI is InChI=1S/C20H27Cl2N5O4/c1-3-4-8-27-18(23)17(19(29)25-20(27)30)26(10-11-31-2)9-7-16(28)24-15-12-13(21)5-6-14(15)22/h5-6,12H,3-4,7-11,23H2,1-2H3,(H,24,28)(H,25,29,30). The number of hydrogen-bond acceptors (Lipinski definition) is 6. The first-order valence-electron chi connectivity index (χ1n) is 9.89. The summed E-state index contributed by atoms with van der Waals surface area (Å²) in [7, 11) is 1.53. The highest BCUT2D eigenvalue weighted by molar-refractivity contribution is 6.35. The van der Waals surface area contributed by atoms with Gasteiger partial charge >= 0.3 is 5.69 Å². The van der Waals surface area contributed by atoms with E-state index >= 15 is 0 Å². The summed E-state index contributed by atoms with van der Waals surface area (Å²) in [6.45, 7) is 3.16. The van der Waals surface area contributed by atoms with Crippen LogP contribution in [0, 0.1) is 0 Å². The lowest BCUT2D eigenvalue weighted by molar-refractivity contribution is -0.116. The van der Waals surface area contributed by atoms with E-state index in [0.717, 1.165) is 12.8 Å². The average Bonchev–Trinajstić information content (AvgIpc) is 2.71. The van der Waals surface area contributed by atoms with Crippen molar-refractivity contribution in [3.05, 3.63) is 49.1 Å². The Kier molecular flexibility index (Phi) is 9.42. The lowest BCUT2D eigenvalue weighted by Gasteiger charge is -2.26. The van der Waals surface area contributed by atoms with E-state index in [9.17, 15) is 14.4 Å². The Labute approximate surface area is 190 Å². The molecule has 0 fully saturated rings. The van der Waals surface area contributed by atoms with E-state index in [1.165, 1.54) is 11.7 Å². The van der Waals surface area contributed by atoms with Gasteiger partial charge in [0.1, 0.15) is 11.5 Å². The highest BCUT2D eigenvalue weighted by atomic mass is 35.5. The van der Waals surface area contributed by atoms with E-state index in [2.05, 4.69) is 10.3 Å². The minimum Gasteiger partial charge on any atom is -0.383 e. The Bertz CT molecular complexity index is 1020. The van der Waals surface area contributed by atoms with Crippen LogP contribution in [0.2, 0.25) is 10.0 Å². The van der Waals surface area contributed by atoms with Gasteiger partial charge in [-0.2, -0.15) is 0 Å². The van der Waals surface area contributed by atoms with Gasteiger partial charge in [-0.1, -0.05) is 36.5 Å². The predicted molar refractivity (Wildman–Crippen MR) is 124 cm³/mol. The normalized spacial score (nSPS) is 10.8. The quantitative estimate of drug-likeness (QED) is 0.462. The number of unbranched alkanes of at least 4 members (excludes halogenated alkanes) is 1. The van der Waals surface area contributed by atoms with Gasteiger partial charge in [-0.15, -0.1) is 0 Å². The molecule has 1 aromatic heterocycles. The summed E-state index contributed by atoms with van der Waals surface area (Å²) in [4.78, 5) is 41.2. The van der Waals surface area contributed by atoms with Gasteiger partial charge in [0.2, 0.25) is 5.91 Å². The lowest BCUT2D eigenvalue weighted by atomic mass is 10.2. The van der Waals surface area contributed by atoms with E-state index < -0.39 is 11.2 Å². The van der Waals surface area contributed by atoms with Gasteiger partial charge in [-0.3, -0.25) is 19.1 Å². The zero-order valence-corrected chi connectivity index (χ0v) is 19.1. The summed E-state index contributed by atoms with van der Waals surface area (Å²) in [6.07, 6.45) is 1.63. The number of nitrogens with two attached hydrogens (primary N) is 1. The molecule has 1 aromatic carbocycles. The molecule has 0 saturated heterocycles. The molecule has 0 aliphatic heterocycles. The number of H-pyrrole nitrogens is 1. The van der Waals surface area contributed by atoms with Crippen LogP contribution in [0.5, 0.6) is 0 Å². The number of anilines is 3. The van der Waals surface area contributed by atoms with Crippen molar-refractivity contribution in [2.24, 2.45) is 0 Å². The SMILES string of the molecule is CCCCn1c(N)c(N(CCOC)CCC(=O)Nc2cc(Cl)ccc2Cl)c(=O)[nH]c1=O. The molecule has 2 aromatic rings. The van der Waals surface area contributed by atoms with Crippen LogP contribution < -0.4 is 27.2 Å². The number of nitrogens with zero attached hydrogens (tertiary/aromatic N) is 2. The second kappa shape index (κ2) is 11.8.